The lowest BCUT2D eigenvalue weighted by Gasteiger charge is -2.38. The molecule has 0 aliphatic carbocycles. The molecule has 0 spiro atoms. The average molecular weight is 432 g/mol. The van der Waals surface area contributed by atoms with Crippen LogP contribution >= 0.6 is 12.4 Å². The molecule has 2 saturated heterocycles. The summed E-state index contributed by atoms with van der Waals surface area (Å²) in [5.41, 5.74) is 7.11. The Hall–Kier alpha value is -1.19. The van der Waals surface area contributed by atoms with E-state index in [4.69, 9.17) is 10.5 Å². The van der Waals surface area contributed by atoms with Gasteiger partial charge in [-0.1, -0.05) is 13.0 Å². The number of amides is 1. The summed E-state index contributed by atoms with van der Waals surface area (Å²) < 4.78 is 32.5. The zero-order chi connectivity index (χ0) is 19.6. The van der Waals surface area contributed by atoms with Gasteiger partial charge in [0.2, 0.25) is 10.0 Å². The van der Waals surface area contributed by atoms with Crippen molar-refractivity contribution in [1.82, 2.24) is 9.21 Å². The van der Waals surface area contributed by atoms with E-state index in [9.17, 15) is 13.2 Å². The Kier molecular flexibility index (Phi) is 7.87. The molecule has 1 amide bonds. The molecule has 1 aromatic rings. The van der Waals surface area contributed by atoms with Crippen LogP contribution in [0.3, 0.4) is 0 Å². The van der Waals surface area contributed by atoms with Crippen molar-refractivity contribution < 1.29 is 17.9 Å². The third-order valence-electron chi connectivity index (χ3n) is 5.56. The van der Waals surface area contributed by atoms with Crippen molar-refractivity contribution >= 4 is 28.3 Å². The van der Waals surface area contributed by atoms with Crippen molar-refractivity contribution in [2.45, 2.75) is 37.6 Å². The summed E-state index contributed by atoms with van der Waals surface area (Å²) >= 11 is 0. The van der Waals surface area contributed by atoms with Gasteiger partial charge in [0.1, 0.15) is 0 Å². The molecule has 0 radical (unpaired) electrons. The van der Waals surface area contributed by atoms with Crippen LogP contribution in [0.1, 0.15) is 35.7 Å². The highest BCUT2D eigenvalue weighted by atomic mass is 35.5. The van der Waals surface area contributed by atoms with Crippen molar-refractivity contribution in [3.63, 3.8) is 0 Å². The van der Waals surface area contributed by atoms with Crippen LogP contribution in [0, 0.1) is 12.8 Å². The molecular formula is C19H30ClN3O4S. The molecule has 0 bridgehead atoms. The number of ether oxygens (including phenoxy) is 1. The number of piperidine rings is 1. The van der Waals surface area contributed by atoms with Crippen LogP contribution in [-0.2, 0) is 14.8 Å². The third-order valence-corrected chi connectivity index (χ3v) is 7.45. The van der Waals surface area contributed by atoms with Gasteiger partial charge in [-0.2, -0.15) is 4.31 Å². The Labute approximate surface area is 173 Å². The van der Waals surface area contributed by atoms with Gasteiger partial charge in [-0.05, 0) is 43.4 Å². The van der Waals surface area contributed by atoms with E-state index in [1.165, 1.54) is 10.4 Å². The molecule has 2 aliphatic rings. The van der Waals surface area contributed by atoms with E-state index in [-0.39, 0.29) is 29.3 Å². The van der Waals surface area contributed by atoms with E-state index < -0.39 is 10.0 Å². The maximum absolute atomic E-state index is 13.2. The Bertz CT molecular complexity index is 796. The van der Waals surface area contributed by atoms with Gasteiger partial charge in [0, 0.05) is 37.8 Å². The van der Waals surface area contributed by atoms with Crippen molar-refractivity contribution in [3.8, 4) is 0 Å². The first-order valence-electron chi connectivity index (χ1n) is 9.54. The van der Waals surface area contributed by atoms with E-state index in [0.29, 0.717) is 50.9 Å². The quantitative estimate of drug-likeness (QED) is 0.782. The number of carbonyl (C=O) groups excluding carboxylic acids is 1. The number of morpholine rings is 1. The largest absolute Gasteiger partial charge is 0.379 e. The minimum atomic E-state index is -3.64. The number of rotatable bonds is 4. The van der Waals surface area contributed by atoms with Gasteiger partial charge in [-0.25, -0.2) is 8.42 Å². The summed E-state index contributed by atoms with van der Waals surface area (Å²) in [7, 11) is -3.64. The summed E-state index contributed by atoms with van der Waals surface area (Å²) in [5, 5.41) is 0. The highest BCUT2D eigenvalue weighted by Gasteiger charge is 2.32. The van der Waals surface area contributed by atoms with Gasteiger partial charge in [0.05, 0.1) is 18.1 Å². The van der Waals surface area contributed by atoms with Crippen LogP contribution in [0.5, 0.6) is 0 Å². The molecule has 1 aromatic carbocycles. The van der Waals surface area contributed by atoms with E-state index in [0.717, 1.165) is 18.4 Å². The zero-order valence-electron chi connectivity index (χ0n) is 16.5. The summed E-state index contributed by atoms with van der Waals surface area (Å²) in [5.74, 6) is 0.408. The maximum atomic E-state index is 13.2. The van der Waals surface area contributed by atoms with Crippen molar-refractivity contribution in [2.24, 2.45) is 11.7 Å². The maximum Gasteiger partial charge on any atom is 0.254 e. The molecule has 0 aromatic heterocycles. The van der Waals surface area contributed by atoms with Gasteiger partial charge in [0.25, 0.3) is 5.91 Å². The predicted octanol–water partition coefficient (Wildman–Crippen LogP) is 1.64. The lowest BCUT2D eigenvalue weighted by molar-refractivity contribution is 0.0572. The molecule has 0 saturated carbocycles. The Morgan fingerprint density at radius 1 is 1.25 bits per heavy atom. The van der Waals surface area contributed by atoms with Gasteiger partial charge in [-0.15, -0.1) is 12.4 Å². The Morgan fingerprint density at radius 2 is 1.93 bits per heavy atom. The Balaban J connectivity index is 0.00000280. The second-order valence-corrected chi connectivity index (χ2v) is 9.45. The first-order valence-corrected chi connectivity index (χ1v) is 11.0. The average Bonchev–Trinajstić information content (AvgIpc) is 2.68. The second kappa shape index (κ2) is 9.54. The lowest BCUT2D eigenvalue weighted by Crippen LogP contribution is -2.49. The number of benzene rings is 1. The van der Waals surface area contributed by atoms with Gasteiger partial charge in [-0.3, -0.25) is 4.79 Å². The van der Waals surface area contributed by atoms with Crippen molar-refractivity contribution in [1.29, 1.82) is 0 Å². The van der Waals surface area contributed by atoms with Crippen LogP contribution in [0.15, 0.2) is 23.1 Å². The molecule has 2 fully saturated rings. The number of hydrogen-bond acceptors (Lipinski definition) is 5. The summed E-state index contributed by atoms with van der Waals surface area (Å²) in [6.07, 6.45) is 1.82. The highest BCUT2D eigenvalue weighted by Crippen LogP contribution is 2.26. The number of hydrogen-bond donors (Lipinski definition) is 1. The molecule has 2 unspecified atom stereocenters. The van der Waals surface area contributed by atoms with Crippen molar-refractivity contribution in [3.05, 3.63) is 29.3 Å². The monoisotopic (exact) mass is 431 g/mol. The Morgan fingerprint density at radius 3 is 2.57 bits per heavy atom. The molecule has 7 nitrogen and oxygen atoms in total. The number of nitrogens with zero attached hydrogens (tertiary/aromatic N) is 2. The summed E-state index contributed by atoms with van der Waals surface area (Å²) in [4.78, 5) is 15.2. The number of nitrogens with two attached hydrogens (primary N) is 1. The second-order valence-electron chi connectivity index (χ2n) is 7.51. The molecule has 2 N–H and O–H groups in total. The molecule has 28 heavy (non-hydrogen) atoms. The first-order chi connectivity index (χ1) is 12.8. The minimum absolute atomic E-state index is 0. The molecule has 2 heterocycles. The fraction of sp³-hybridized carbons (Fsp3) is 0.632. The number of carbonyl (C=O) groups is 1. The van der Waals surface area contributed by atoms with Gasteiger partial charge < -0.3 is 15.4 Å². The zero-order valence-corrected chi connectivity index (χ0v) is 18.1. The highest BCUT2D eigenvalue weighted by molar-refractivity contribution is 7.89. The van der Waals surface area contributed by atoms with E-state index in [1.807, 2.05) is 11.8 Å². The smallest absolute Gasteiger partial charge is 0.254 e. The van der Waals surface area contributed by atoms with Crippen LogP contribution in [0.4, 0.5) is 0 Å². The fourth-order valence-electron chi connectivity index (χ4n) is 3.83. The van der Waals surface area contributed by atoms with E-state index >= 15 is 0 Å². The number of aryl methyl sites for hydroxylation is 1. The molecule has 9 heteroatoms. The lowest BCUT2D eigenvalue weighted by atomic mass is 9.91. The number of halogens is 1. The molecule has 3 rings (SSSR count). The molecular weight excluding hydrogens is 402 g/mol. The topological polar surface area (TPSA) is 92.9 Å². The van der Waals surface area contributed by atoms with E-state index in [2.05, 4.69) is 6.92 Å². The van der Waals surface area contributed by atoms with Crippen LogP contribution < -0.4 is 5.73 Å². The van der Waals surface area contributed by atoms with Crippen LogP contribution in [0.2, 0.25) is 0 Å². The third kappa shape index (κ3) is 4.68. The summed E-state index contributed by atoms with van der Waals surface area (Å²) in [6, 6.07) is 4.81. The minimum Gasteiger partial charge on any atom is -0.379 e. The number of likely N-dealkylation sites (tertiary alicyclic amines) is 1. The molecule has 2 atom stereocenters. The fourth-order valence-corrected chi connectivity index (χ4v) is 5.26. The van der Waals surface area contributed by atoms with E-state index in [1.54, 1.807) is 12.1 Å². The van der Waals surface area contributed by atoms with Gasteiger partial charge in [0.15, 0.2) is 0 Å². The first kappa shape index (κ1) is 23.1. The van der Waals surface area contributed by atoms with Crippen molar-refractivity contribution in [2.75, 3.05) is 39.4 Å². The van der Waals surface area contributed by atoms with Gasteiger partial charge >= 0.3 is 0 Å². The standard InChI is InChI=1S/C19H29N3O4S.ClH/c1-14-5-6-22(16(11-14)13-20)19(23)18-12-17(4-3-15(18)2)27(24,25)21-7-9-26-10-8-21;/h3-4,12,14,16H,5-11,13,20H2,1-2H3;1H. The molecule has 2 aliphatic heterocycles. The normalized spacial score (nSPS) is 23.9. The molecule has 158 valence electrons. The SMILES string of the molecule is Cc1ccc(S(=O)(=O)N2CCOCC2)cc1C(=O)N1CCC(C)CC1CN.Cl. The number of sulfonamides is 1. The predicted molar refractivity (Wildman–Crippen MR) is 110 cm³/mol. The summed E-state index contributed by atoms with van der Waals surface area (Å²) in [6.45, 7) is 6.52. The van der Waals surface area contributed by atoms with Crippen LogP contribution in [-0.4, -0.2) is 69.0 Å². The van der Waals surface area contributed by atoms with Crippen LogP contribution in [0.25, 0.3) is 0 Å².